The Hall–Kier alpha value is -1.20. The highest BCUT2D eigenvalue weighted by atomic mass is 79.9. The second-order valence-electron chi connectivity index (χ2n) is 3.54. The largest absolute Gasteiger partial charge is 0.375 e. The highest BCUT2D eigenvalue weighted by Crippen LogP contribution is 2.13. The summed E-state index contributed by atoms with van der Waals surface area (Å²) in [6.07, 6.45) is 0. The average Bonchev–Trinajstić information content (AvgIpc) is 2.29. The van der Waals surface area contributed by atoms with Gasteiger partial charge in [-0.3, -0.25) is 9.59 Å². The number of ether oxygens (including phenoxy) is 1. The van der Waals surface area contributed by atoms with Gasteiger partial charge in [-0.2, -0.15) is 0 Å². The van der Waals surface area contributed by atoms with Gasteiger partial charge < -0.3 is 10.1 Å². The monoisotopic (exact) mass is 299 g/mol. The number of anilines is 1. The minimum atomic E-state index is -0.222. The lowest BCUT2D eigenvalue weighted by Crippen LogP contribution is -2.17. The fraction of sp³-hybridized carbons (Fsp3) is 0.333. The summed E-state index contributed by atoms with van der Waals surface area (Å²) < 4.78 is 4.70. The fourth-order valence-electron chi connectivity index (χ4n) is 1.28. The number of hydrogen-bond acceptors (Lipinski definition) is 3. The molecule has 0 bridgehead atoms. The van der Waals surface area contributed by atoms with E-state index in [0.29, 0.717) is 11.3 Å². The number of rotatable bonds is 5. The molecule has 1 amide bonds. The van der Waals surface area contributed by atoms with Crippen LogP contribution in [-0.2, 0) is 9.53 Å². The van der Waals surface area contributed by atoms with Crippen LogP contribution in [0.4, 0.5) is 5.69 Å². The summed E-state index contributed by atoms with van der Waals surface area (Å²) in [5.74, 6) is -0.208. The molecular weight excluding hydrogens is 286 g/mol. The van der Waals surface area contributed by atoms with Crippen LogP contribution in [0, 0.1) is 0 Å². The molecule has 5 heteroatoms. The number of hydrogen-bond donors (Lipinski definition) is 1. The summed E-state index contributed by atoms with van der Waals surface area (Å²) in [7, 11) is 1.46. The molecule has 0 fully saturated rings. The number of halogens is 1. The first-order valence-corrected chi connectivity index (χ1v) is 6.03. The second-order valence-corrected chi connectivity index (χ2v) is 4.91. The number of ketones is 1. The van der Waals surface area contributed by atoms with Crippen molar-refractivity contribution in [2.45, 2.75) is 11.8 Å². The number of methoxy groups -OCH3 is 1. The van der Waals surface area contributed by atoms with Crippen LogP contribution >= 0.6 is 15.9 Å². The van der Waals surface area contributed by atoms with E-state index in [0.717, 1.165) is 0 Å². The molecule has 1 atom stereocenters. The van der Waals surface area contributed by atoms with Gasteiger partial charge in [-0.05, 0) is 31.2 Å². The first-order chi connectivity index (χ1) is 8.04. The van der Waals surface area contributed by atoms with Gasteiger partial charge in [0.1, 0.15) is 6.61 Å². The highest BCUT2D eigenvalue weighted by Gasteiger charge is 2.11. The quantitative estimate of drug-likeness (QED) is 0.670. The summed E-state index contributed by atoms with van der Waals surface area (Å²) in [6, 6.07) is 6.75. The van der Waals surface area contributed by atoms with Crippen molar-refractivity contribution in [1.82, 2.24) is 0 Å². The Kier molecular flexibility index (Phi) is 5.31. The van der Waals surface area contributed by atoms with E-state index < -0.39 is 0 Å². The van der Waals surface area contributed by atoms with Crippen molar-refractivity contribution in [3.05, 3.63) is 29.8 Å². The summed E-state index contributed by atoms with van der Waals surface area (Å²) in [5.41, 5.74) is 1.25. The van der Waals surface area contributed by atoms with Crippen LogP contribution in [-0.4, -0.2) is 30.2 Å². The van der Waals surface area contributed by atoms with Crippen molar-refractivity contribution in [3.8, 4) is 0 Å². The smallest absolute Gasteiger partial charge is 0.250 e. The highest BCUT2D eigenvalue weighted by molar-refractivity contribution is 9.10. The molecule has 1 aromatic rings. The Balaban J connectivity index is 2.68. The topological polar surface area (TPSA) is 55.4 Å². The Labute approximate surface area is 108 Å². The Morgan fingerprint density at radius 2 is 1.94 bits per heavy atom. The lowest BCUT2D eigenvalue weighted by atomic mass is 10.1. The van der Waals surface area contributed by atoms with Crippen LogP contribution < -0.4 is 5.32 Å². The molecule has 0 radical (unpaired) electrons. The van der Waals surface area contributed by atoms with Crippen molar-refractivity contribution in [2.24, 2.45) is 0 Å². The molecule has 0 aliphatic carbocycles. The van der Waals surface area contributed by atoms with Gasteiger partial charge in [-0.25, -0.2) is 0 Å². The fourth-order valence-corrected chi connectivity index (χ4v) is 1.54. The molecule has 4 nitrogen and oxygen atoms in total. The molecular formula is C12H14BrNO3. The van der Waals surface area contributed by atoms with E-state index in [4.69, 9.17) is 4.74 Å². The van der Waals surface area contributed by atoms with Crippen LogP contribution in [0.5, 0.6) is 0 Å². The minimum Gasteiger partial charge on any atom is -0.375 e. The van der Waals surface area contributed by atoms with E-state index >= 15 is 0 Å². The van der Waals surface area contributed by atoms with Gasteiger partial charge in [-0.15, -0.1) is 0 Å². The number of benzene rings is 1. The van der Waals surface area contributed by atoms with Gasteiger partial charge in [-0.1, -0.05) is 15.9 Å². The first kappa shape index (κ1) is 13.9. The van der Waals surface area contributed by atoms with Crippen LogP contribution in [0.3, 0.4) is 0 Å². The van der Waals surface area contributed by atoms with Gasteiger partial charge in [0.15, 0.2) is 5.78 Å². The van der Waals surface area contributed by atoms with E-state index in [1.54, 1.807) is 31.2 Å². The predicted octanol–water partition coefficient (Wildman–Crippen LogP) is 2.24. The zero-order valence-corrected chi connectivity index (χ0v) is 11.3. The third kappa shape index (κ3) is 4.28. The molecule has 0 heterocycles. The van der Waals surface area contributed by atoms with Crippen molar-refractivity contribution in [1.29, 1.82) is 0 Å². The van der Waals surface area contributed by atoms with Crippen molar-refractivity contribution in [2.75, 3.05) is 19.0 Å². The molecule has 92 valence electrons. The SMILES string of the molecule is COCC(=O)Nc1ccc(C(=O)C(C)Br)cc1. The van der Waals surface area contributed by atoms with Crippen LogP contribution in [0.1, 0.15) is 17.3 Å². The Bertz CT molecular complexity index is 401. The van der Waals surface area contributed by atoms with E-state index in [2.05, 4.69) is 21.2 Å². The van der Waals surface area contributed by atoms with E-state index in [9.17, 15) is 9.59 Å². The van der Waals surface area contributed by atoms with Gasteiger partial charge in [0.2, 0.25) is 5.91 Å². The lowest BCUT2D eigenvalue weighted by molar-refractivity contribution is -0.119. The number of nitrogens with one attached hydrogen (secondary N) is 1. The van der Waals surface area contributed by atoms with Gasteiger partial charge in [0.05, 0.1) is 4.83 Å². The zero-order valence-electron chi connectivity index (χ0n) is 9.70. The summed E-state index contributed by atoms with van der Waals surface area (Å²) in [5, 5.41) is 2.65. The standard InChI is InChI=1S/C12H14BrNO3/c1-8(13)12(16)9-3-5-10(6-4-9)14-11(15)7-17-2/h3-6,8H,7H2,1-2H3,(H,14,15). The van der Waals surface area contributed by atoms with Gasteiger partial charge in [0.25, 0.3) is 0 Å². The van der Waals surface area contributed by atoms with Crippen molar-refractivity contribution < 1.29 is 14.3 Å². The molecule has 0 aliphatic heterocycles. The lowest BCUT2D eigenvalue weighted by Gasteiger charge is -2.06. The molecule has 0 saturated heterocycles. The maximum absolute atomic E-state index is 11.6. The summed E-state index contributed by atoms with van der Waals surface area (Å²) >= 11 is 3.22. The van der Waals surface area contributed by atoms with Crippen LogP contribution in [0.25, 0.3) is 0 Å². The number of carbonyl (C=O) groups excluding carboxylic acids is 2. The maximum Gasteiger partial charge on any atom is 0.250 e. The zero-order chi connectivity index (χ0) is 12.8. The molecule has 17 heavy (non-hydrogen) atoms. The van der Waals surface area contributed by atoms with Gasteiger partial charge >= 0.3 is 0 Å². The van der Waals surface area contributed by atoms with E-state index in [1.807, 2.05) is 0 Å². The molecule has 1 rings (SSSR count). The average molecular weight is 300 g/mol. The first-order valence-electron chi connectivity index (χ1n) is 5.11. The molecule has 0 aliphatic rings. The predicted molar refractivity (Wildman–Crippen MR) is 69.7 cm³/mol. The van der Waals surface area contributed by atoms with Gasteiger partial charge in [0, 0.05) is 18.4 Å². The summed E-state index contributed by atoms with van der Waals surface area (Å²) in [4.78, 5) is 22.6. The van der Waals surface area contributed by atoms with Crippen LogP contribution in [0.15, 0.2) is 24.3 Å². The molecule has 0 aromatic heterocycles. The Morgan fingerprint density at radius 3 is 2.41 bits per heavy atom. The molecule has 1 aromatic carbocycles. The summed E-state index contributed by atoms with van der Waals surface area (Å²) in [6.45, 7) is 1.79. The number of alkyl halides is 1. The maximum atomic E-state index is 11.6. The minimum absolute atomic E-state index is 0.0130. The normalized spacial score (nSPS) is 11.9. The number of amides is 1. The van der Waals surface area contributed by atoms with E-state index in [1.165, 1.54) is 7.11 Å². The third-order valence-electron chi connectivity index (χ3n) is 2.09. The second kappa shape index (κ2) is 6.51. The third-order valence-corrected chi connectivity index (χ3v) is 2.51. The number of Topliss-reactive ketones (excluding diaryl/α,β-unsaturated/α-hetero) is 1. The molecule has 0 spiro atoms. The molecule has 1 N–H and O–H groups in total. The molecule has 1 unspecified atom stereocenters. The number of carbonyl (C=O) groups is 2. The molecule has 0 saturated carbocycles. The van der Waals surface area contributed by atoms with Crippen LogP contribution in [0.2, 0.25) is 0 Å². The van der Waals surface area contributed by atoms with Crippen molar-refractivity contribution >= 4 is 33.3 Å². The Morgan fingerprint density at radius 1 is 1.35 bits per heavy atom. The van der Waals surface area contributed by atoms with E-state index in [-0.39, 0.29) is 23.1 Å². The van der Waals surface area contributed by atoms with Crippen molar-refractivity contribution in [3.63, 3.8) is 0 Å².